The van der Waals surface area contributed by atoms with Gasteiger partial charge in [0.15, 0.2) is 0 Å². The summed E-state index contributed by atoms with van der Waals surface area (Å²) in [5, 5.41) is 4.45. The second kappa shape index (κ2) is 4.66. The van der Waals surface area contributed by atoms with Crippen molar-refractivity contribution in [1.82, 2.24) is 15.0 Å². The number of fused-ring (bicyclic) bond motifs is 1. The third-order valence-corrected chi connectivity index (χ3v) is 2.95. The monoisotopic (exact) mass is 258 g/mol. The molecule has 0 saturated carbocycles. The fourth-order valence-corrected chi connectivity index (χ4v) is 1.99. The average Bonchev–Trinajstić information content (AvgIpc) is 2.86. The van der Waals surface area contributed by atoms with Crippen molar-refractivity contribution in [2.45, 2.75) is 6.54 Å². The predicted molar refractivity (Wildman–Crippen MR) is 72.7 cm³/mol. The highest BCUT2D eigenvalue weighted by molar-refractivity contribution is 6.34. The van der Waals surface area contributed by atoms with Crippen molar-refractivity contribution in [3.05, 3.63) is 53.3 Å². The Bertz CT molecular complexity index is 663. The van der Waals surface area contributed by atoms with E-state index in [0.29, 0.717) is 17.6 Å². The largest absolute Gasteiger partial charge is 0.350 e. The van der Waals surface area contributed by atoms with Crippen LogP contribution in [0.25, 0.3) is 11.0 Å². The van der Waals surface area contributed by atoms with Crippen LogP contribution in [0.3, 0.4) is 0 Å². The van der Waals surface area contributed by atoms with Crippen LogP contribution in [0.1, 0.15) is 5.56 Å². The summed E-state index contributed by atoms with van der Waals surface area (Å²) in [6.07, 6.45) is 1.80. The molecule has 0 aliphatic heterocycles. The van der Waals surface area contributed by atoms with E-state index in [1.807, 2.05) is 36.4 Å². The number of rotatable bonds is 3. The maximum atomic E-state index is 6.07. The van der Waals surface area contributed by atoms with Crippen LogP contribution in [-0.4, -0.2) is 15.0 Å². The van der Waals surface area contributed by atoms with Crippen LogP contribution in [0.4, 0.5) is 5.95 Å². The van der Waals surface area contributed by atoms with E-state index in [1.165, 1.54) is 5.56 Å². The number of nitrogens with one attached hydrogen (secondary N) is 2. The molecule has 4 nitrogen and oxygen atoms in total. The average molecular weight is 259 g/mol. The van der Waals surface area contributed by atoms with Crippen LogP contribution in [0.2, 0.25) is 5.15 Å². The van der Waals surface area contributed by atoms with Gasteiger partial charge in [-0.3, -0.25) is 0 Å². The number of nitrogens with zero attached hydrogens (tertiary/aromatic N) is 2. The summed E-state index contributed by atoms with van der Waals surface area (Å²) in [4.78, 5) is 11.6. The van der Waals surface area contributed by atoms with Gasteiger partial charge in [0.1, 0.15) is 10.8 Å². The van der Waals surface area contributed by atoms with Crippen LogP contribution in [-0.2, 0) is 6.54 Å². The molecule has 0 fully saturated rings. The molecule has 1 aromatic carbocycles. The van der Waals surface area contributed by atoms with E-state index >= 15 is 0 Å². The van der Waals surface area contributed by atoms with E-state index in [9.17, 15) is 0 Å². The zero-order valence-corrected chi connectivity index (χ0v) is 10.3. The SMILES string of the molecule is Clc1nc(NCc2ccccc2)nc2[nH]ccc12. The Hall–Kier alpha value is -2.07. The van der Waals surface area contributed by atoms with Gasteiger partial charge in [-0.15, -0.1) is 0 Å². The first kappa shape index (κ1) is 11.0. The lowest BCUT2D eigenvalue weighted by Gasteiger charge is -2.05. The molecule has 2 heterocycles. The number of aromatic nitrogens is 3. The quantitative estimate of drug-likeness (QED) is 0.709. The number of H-pyrrole nitrogens is 1. The molecule has 0 bridgehead atoms. The molecule has 0 aliphatic carbocycles. The summed E-state index contributed by atoms with van der Waals surface area (Å²) < 4.78 is 0. The van der Waals surface area contributed by atoms with Gasteiger partial charge in [-0.25, -0.2) is 4.98 Å². The molecule has 0 amide bonds. The van der Waals surface area contributed by atoms with Gasteiger partial charge in [-0.05, 0) is 11.6 Å². The molecule has 90 valence electrons. The fraction of sp³-hybridized carbons (Fsp3) is 0.0769. The maximum Gasteiger partial charge on any atom is 0.226 e. The Morgan fingerprint density at radius 2 is 1.94 bits per heavy atom. The van der Waals surface area contributed by atoms with Crippen LogP contribution in [0, 0.1) is 0 Å². The Morgan fingerprint density at radius 3 is 2.78 bits per heavy atom. The Morgan fingerprint density at radius 1 is 1.11 bits per heavy atom. The molecule has 18 heavy (non-hydrogen) atoms. The first-order valence-electron chi connectivity index (χ1n) is 5.61. The van der Waals surface area contributed by atoms with Crippen molar-refractivity contribution in [2.75, 3.05) is 5.32 Å². The van der Waals surface area contributed by atoms with Gasteiger partial charge in [-0.1, -0.05) is 41.9 Å². The second-order valence-corrected chi connectivity index (χ2v) is 4.28. The summed E-state index contributed by atoms with van der Waals surface area (Å²) in [5.74, 6) is 0.527. The molecule has 0 atom stereocenters. The van der Waals surface area contributed by atoms with Crippen molar-refractivity contribution in [3.8, 4) is 0 Å². The highest BCUT2D eigenvalue weighted by Gasteiger charge is 2.06. The standard InChI is InChI=1S/C13H11ClN4/c14-11-10-6-7-15-12(10)18-13(17-11)16-8-9-4-2-1-3-5-9/h1-7H,8H2,(H2,15,16,17,18). The zero-order chi connectivity index (χ0) is 12.4. The van der Waals surface area contributed by atoms with Crippen molar-refractivity contribution in [1.29, 1.82) is 0 Å². The number of aromatic amines is 1. The minimum atomic E-state index is 0.455. The minimum Gasteiger partial charge on any atom is -0.350 e. The number of hydrogen-bond donors (Lipinski definition) is 2. The summed E-state index contributed by atoms with van der Waals surface area (Å²) in [5.41, 5.74) is 1.91. The molecular formula is C13H11ClN4. The van der Waals surface area contributed by atoms with E-state index in [-0.39, 0.29) is 0 Å². The number of benzene rings is 1. The Labute approximate surface area is 109 Å². The number of hydrogen-bond acceptors (Lipinski definition) is 3. The Balaban J connectivity index is 1.82. The van der Waals surface area contributed by atoms with E-state index in [4.69, 9.17) is 11.6 Å². The van der Waals surface area contributed by atoms with Gasteiger partial charge in [0, 0.05) is 12.7 Å². The van der Waals surface area contributed by atoms with Gasteiger partial charge in [0.05, 0.1) is 5.39 Å². The molecule has 0 radical (unpaired) electrons. The molecule has 3 aromatic rings. The molecule has 0 aliphatic rings. The summed E-state index contributed by atoms with van der Waals surface area (Å²) in [6.45, 7) is 0.670. The van der Waals surface area contributed by atoms with E-state index < -0.39 is 0 Å². The lowest BCUT2D eigenvalue weighted by atomic mass is 10.2. The molecule has 0 spiro atoms. The van der Waals surface area contributed by atoms with Crippen LogP contribution in [0.5, 0.6) is 0 Å². The van der Waals surface area contributed by atoms with E-state index in [1.54, 1.807) is 6.20 Å². The molecular weight excluding hydrogens is 248 g/mol. The summed E-state index contributed by atoms with van der Waals surface area (Å²) in [6, 6.07) is 11.9. The lowest BCUT2D eigenvalue weighted by molar-refractivity contribution is 1.07. The molecule has 2 N–H and O–H groups in total. The van der Waals surface area contributed by atoms with Crippen LogP contribution < -0.4 is 5.32 Å². The third kappa shape index (κ3) is 2.15. The number of halogens is 1. The maximum absolute atomic E-state index is 6.07. The van der Waals surface area contributed by atoms with Gasteiger partial charge in [0.2, 0.25) is 5.95 Å². The van der Waals surface area contributed by atoms with E-state index in [2.05, 4.69) is 20.3 Å². The van der Waals surface area contributed by atoms with Gasteiger partial charge < -0.3 is 10.3 Å². The summed E-state index contributed by atoms with van der Waals surface area (Å²) >= 11 is 6.07. The van der Waals surface area contributed by atoms with Crippen molar-refractivity contribution < 1.29 is 0 Å². The Kier molecular flexibility index (Phi) is 2.86. The smallest absolute Gasteiger partial charge is 0.226 e. The van der Waals surface area contributed by atoms with Gasteiger partial charge in [-0.2, -0.15) is 4.98 Å². The van der Waals surface area contributed by atoms with Crippen molar-refractivity contribution in [2.24, 2.45) is 0 Å². The van der Waals surface area contributed by atoms with Crippen molar-refractivity contribution in [3.63, 3.8) is 0 Å². The minimum absolute atomic E-state index is 0.455. The summed E-state index contributed by atoms with van der Waals surface area (Å²) in [7, 11) is 0. The lowest BCUT2D eigenvalue weighted by Crippen LogP contribution is -2.03. The topological polar surface area (TPSA) is 53.6 Å². The molecule has 3 rings (SSSR count). The molecule has 5 heteroatoms. The van der Waals surface area contributed by atoms with Crippen LogP contribution in [0.15, 0.2) is 42.6 Å². The van der Waals surface area contributed by atoms with Crippen molar-refractivity contribution >= 4 is 28.6 Å². The predicted octanol–water partition coefficient (Wildman–Crippen LogP) is 3.22. The first-order valence-corrected chi connectivity index (χ1v) is 5.99. The van der Waals surface area contributed by atoms with Gasteiger partial charge in [0.25, 0.3) is 0 Å². The zero-order valence-electron chi connectivity index (χ0n) is 9.52. The third-order valence-electron chi connectivity index (χ3n) is 2.66. The second-order valence-electron chi connectivity index (χ2n) is 3.92. The highest BCUT2D eigenvalue weighted by Crippen LogP contribution is 2.20. The normalized spacial score (nSPS) is 10.7. The van der Waals surface area contributed by atoms with Gasteiger partial charge >= 0.3 is 0 Å². The van der Waals surface area contributed by atoms with E-state index in [0.717, 1.165) is 11.0 Å². The fourth-order valence-electron chi connectivity index (χ4n) is 1.76. The molecule has 2 aromatic heterocycles. The highest BCUT2D eigenvalue weighted by atomic mass is 35.5. The number of anilines is 1. The molecule has 0 saturated heterocycles. The van der Waals surface area contributed by atoms with Crippen LogP contribution >= 0.6 is 11.6 Å². The molecule has 0 unspecified atom stereocenters. The first-order chi connectivity index (χ1) is 8.83.